The van der Waals surface area contributed by atoms with Crippen LogP contribution in [0.15, 0.2) is 24.3 Å². The molecule has 1 aromatic carbocycles. The van der Waals surface area contributed by atoms with Crippen LogP contribution in [0.25, 0.3) is 10.1 Å². The number of aromatic carboxylic acids is 1. The van der Waals surface area contributed by atoms with Crippen molar-refractivity contribution < 1.29 is 18.9 Å². The summed E-state index contributed by atoms with van der Waals surface area (Å²) in [6.45, 7) is 0. The maximum atomic E-state index is 13.7. The van der Waals surface area contributed by atoms with Gasteiger partial charge in [-0.3, -0.25) is 4.57 Å². The second-order valence-corrected chi connectivity index (χ2v) is 9.63. The number of alkyl halides is 1. The Hall–Kier alpha value is -0.610. The van der Waals surface area contributed by atoms with Crippen LogP contribution in [-0.2, 0) is 4.57 Å². The Morgan fingerprint density at radius 1 is 1.39 bits per heavy atom. The Morgan fingerprint density at radius 2 is 2.06 bits per heavy atom. The smallest absolute Gasteiger partial charge is 0.345 e. The molecule has 8 heteroatoms. The SMILES string of the molecule is O=C(O)c1cc2cc([C@H](F)P(=O)(Cl)Cl)ccc2s1. The van der Waals surface area contributed by atoms with Gasteiger partial charge in [0.15, 0.2) is 0 Å². The van der Waals surface area contributed by atoms with E-state index in [-0.39, 0.29) is 10.4 Å². The number of benzene rings is 1. The molecule has 0 aliphatic carbocycles. The lowest BCUT2D eigenvalue weighted by molar-refractivity contribution is 0.0702. The highest BCUT2D eigenvalue weighted by Crippen LogP contribution is 2.68. The van der Waals surface area contributed by atoms with Crippen LogP contribution < -0.4 is 0 Å². The molecule has 1 heterocycles. The van der Waals surface area contributed by atoms with E-state index in [4.69, 9.17) is 27.6 Å². The summed E-state index contributed by atoms with van der Waals surface area (Å²) in [6.07, 6.45) is 0. The molecule has 0 fully saturated rings. The number of hydrogen-bond acceptors (Lipinski definition) is 3. The van der Waals surface area contributed by atoms with E-state index in [9.17, 15) is 13.8 Å². The quantitative estimate of drug-likeness (QED) is 0.785. The molecule has 0 spiro atoms. The third-order valence-electron chi connectivity index (χ3n) is 2.29. The van der Waals surface area contributed by atoms with Crippen molar-refractivity contribution in [3.63, 3.8) is 0 Å². The molecule has 96 valence electrons. The van der Waals surface area contributed by atoms with Crippen LogP contribution >= 0.6 is 39.7 Å². The van der Waals surface area contributed by atoms with Gasteiger partial charge in [0, 0.05) is 4.70 Å². The van der Waals surface area contributed by atoms with E-state index in [2.05, 4.69) is 0 Å². The zero-order chi connectivity index (χ0) is 13.5. The molecule has 2 rings (SSSR count). The fourth-order valence-corrected chi connectivity index (χ4v) is 3.55. The number of rotatable bonds is 3. The average Bonchev–Trinajstić information content (AvgIpc) is 2.69. The molecule has 0 radical (unpaired) electrons. The third-order valence-corrected chi connectivity index (χ3v) is 5.25. The second-order valence-electron chi connectivity index (χ2n) is 3.55. The van der Waals surface area contributed by atoms with Crippen molar-refractivity contribution in [2.24, 2.45) is 0 Å². The first-order chi connectivity index (χ1) is 8.29. The second kappa shape index (κ2) is 4.82. The summed E-state index contributed by atoms with van der Waals surface area (Å²) in [6, 6.07) is 5.77. The van der Waals surface area contributed by atoms with Crippen LogP contribution in [0, 0.1) is 0 Å². The number of hydrogen-bond donors (Lipinski definition) is 1. The number of fused-ring (bicyclic) bond motifs is 1. The van der Waals surface area contributed by atoms with E-state index in [1.54, 1.807) is 6.07 Å². The Bertz CT molecular complexity index is 666. The molecule has 1 atom stereocenters. The van der Waals surface area contributed by atoms with Crippen LogP contribution in [0.1, 0.15) is 21.1 Å². The van der Waals surface area contributed by atoms with Crippen LogP contribution in [0.3, 0.4) is 0 Å². The van der Waals surface area contributed by atoms with Gasteiger partial charge < -0.3 is 5.11 Å². The lowest BCUT2D eigenvalue weighted by Crippen LogP contribution is -1.89. The molecule has 0 unspecified atom stereocenters. The number of halogens is 3. The summed E-state index contributed by atoms with van der Waals surface area (Å²) in [5.41, 5.74) is 0.0746. The number of carboxylic acids is 1. The maximum absolute atomic E-state index is 13.7. The molecule has 0 bridgehead atoms. The first kappa shape index (κ1) is 13.8. The van der Waals surface area contributed by atoms with E-state index in [1.807, 2.05) is 0 Å². The van der Waals surface area contributed by atoms with Crippen molar-refractivity contribution in [1.29, 1.82) is 0 Å². The van der Waals surface area contributed by atoms with Gasteiger partial charge in [-0.15, -0.1) is 11.3 Å². The van der Waals surface area contributed by atoms with Crippen molar-refractivity contribution in [2.75, 3.05) is 0 Å². The minimum atomic E-state index is -3.90. The Kier molecular flexibility index (Phi) is 3.70. The molecule has 1 N–H and O–H groups in total. The van der Waals surface area contributed by atoms with E-state index in [0.29, 0.717) is 10.1 Å². The van der Waals surface area contributed by atoms with Crippen molar-refractivity contribution >= 4 is 55.7 Å². The van der Waals surface area contributed by atoms with E-state index in [0.717, 1.165) is 11.3 Å². The van der Waals surface area contributed by atoms with Gasteiger partial charge in [0.25, 0.3) is 5.85 Å². The van der Waals surface area contributed by atoms with Crippen molar-refractivity contribution in [3.05, 3.63) is 34.7 Å². The Morgan fingerprint density at radius 3 is 2.61 bits per heavy atom. The van der Waals surface area contributed by atoms with E-state index >= 15 is 0 Å². The van der Waals surface area contributed by atoms with Gasteiger partial charge >= 0.3 is 5.97 Å². The van der Waals surface area contributed by atoms with Gasteiger partial charge in [-0.2, -0.15) is 0 Å². The Labute approximate surface area is 115 Å². The topological polar surface area (TPSA) is 54.4 Å². The average molecular weight is 327 g/mol. The molecule has 0 amide bonds. The standard InChI is InChI=1S/C10H6Cl2FO3PS/c11-17(12,16)9(13)5-1-2-7-6(3-5)4-8(18-7)10(14)15/h1-4,9H,(H,14,15)/t9-/m1/s1. The molecule has 3 nitrogen and oxygen atoms in total. The fourth-order valence-electron chi connectivity index (χ4n) is 1.49. The lowest BCUT2D eigenvalue weighted by Gasteiger charge is -2.08. The molecule has 18 heavy (non-hydrogen) atoms. The summed E-state index contributed by atoms with van der Waals surface area (Å²) in [5.74, 6) is -6.92. The molecule has 1 aromatic heterocycles. The maximum Gasteiger partial charge on any atom is 0.345 e. The molecule has 0 saturated carbocycles. The zero-order valence-corrected chi connectivity index (χ0v) is 11.9. The summed E-state index contributed by atoms with van der Waals surface area (Å²) >= 11 is 11.6. The van der Waals surface area contributed by atoms with Gasteiger partial charge in [0.1, 0.15) is 4.88 Å². The number of carbonyl (C=O) groups is 1. The van der Waals surface area contributed by atoms with E-state index in [1.165, 1.54) is 18.2 Å². The molecule has 0 aliphatic rings. The van der Waals surface area contributed by atoms with Crippen LogP contribution in [0.4, 0.5) is 4.39 Å². The molecular weight excluding hydrogens is 321 g/mol. The molecule has 0 aliphatic heterocycles. The van der Waals surface area contributed by atoms with Crippen molar-refractivity contribution in [2.45, 2.75) is 5.91 Å². The lowest BCUT2D eigenvalue weighted by atomic mass is 10.2. The monoisotopic (exact) mass is 326 g/mol. The fraction of sp³-hybridized carbons (Fsp3) is 0.100. The highest BCUT2D eigenvalue weighted by Gasteiger charge is 2.30. The largest absolute Gasteiger partial charge is 0.477 e. The first-order valence-electron chi connectivity index (χ1n) is 4.69. The first-order valence-corrected chi connectivity index (χ1v) is 9.09. The van der Waals surface area contributed by atoms with Gasteiger partial charge in [0.05, 0.1) is 0 Å². The number of thiophene rings is 1. The van der Waals surface area contributed by atoms with Gasteiger partial charge in [0.2, 0.25) is 5.91 Å². The van der Waals surface area contributed by atoms with Crippen LogP contribution in [-0.4, -0.2) is 11.1 Å². The van der Waals surface area contributed by atoms with Crippen molar-refractivity contribution in [3.8, 4) is 0 Å². The predicted molar refractivity (Wildman–Crippen MR) is 71.9 cm³/mol. The zero-order valence-electron chi connectivity index (χ0n) is 8.64. The van der Waals surface area contributed by atoms with Gasteiger partial charge in [-0.25, -0.2) is 9.18 Å². The summed E-state index contributed by atoms with van der Waals surface area (Å²) < 4.78 is 25.6. The highest BCUT2D eigenvalue weighted by molar-refractivity contribution is 8.08. The molecule has 2 aromatic rings. The minimum absolute atomic E-state index is 0.0746. The normalized spacial score (nSPS) is 13.7. The summed E-state index contributed by atoms with van der Waals surface area (Å²) in [5, 5.41) is 9.40. The summed E-state index contributed by atoms with van der Waals surface area (Å²) in [4.78, 5) is 10.9. The number of carboxylic acid groups (broad SMARTS) is 1. The highest BCUT2D eigenvalue weighted by atomic mass is 35.9. The van der Waals surface area contributed by atoms with Gasteiger partial charge in [-0.05, 0) is 51.6 Å². The van der Waals surface area contributed by atoms with Crippen LogP contribution in [0.2, 0.25) is 0 Å². The van der Waals surface area contributed by atoms with Crippen LogP contribution in [0.5, 0.6) is 0 Å². The summed E-state index contributed by atoms with van der Waals surface area (Å²) in [7, 11) is 0. The third kappa shape index (κ3) is 2.69. The van der Waals surface area contributed by atoms with E-state index < -0.39 is 17.7 Å². The minimum Gasteiger partial charge on any atom is -0.477 e. The Balaban J connectivity index is 2.50. The van der Waals surface area contributed by atoms with Gasteiger partial charge in [-0.1, -0.05) is 6.07 Å². The molecular formula is C10H6Cl2FO3PS. The predicted octanol–water partition coefficient (Wildman–Crippen LogP) is 5.24. The molecule has 0 saturated heterocycles. The van der Waals surface area contributed by atoms with Crippen molar-refractivity contribution in [1.82, 2.24) is 0 Å².